The normalized spacial score (nSPS) is 10.5. The second kappa shape index (κ2) is 6.41. The number of rotatable bonds is 4. The van der Waals surface area contributed by atoms with Gasteiger partial charge in [-0.2, -0.15) is 15.0 Å². The Hall–Kier alpha value is -3.36. The fourth-order valence-electron chi connectivity index (χ4n) is 2.02. The van der Waals surface area contributed by atoms with Crippen LogP contribution in [-0.2, 0) is 0 Å². The molecule has 0 fully saturated rings. The second-order valence-electron chi connectivity index (χ2n) is 4.78. The van der Waals surface area contributed by atoms with Crippen LogP contribution in [0.3, 0.4) is 0 Å². The summed E-state index contributed by atoms with van der Waals surface area (Å²) in [5.74, 6) is -0.561. The Morgan fingerprint density at radius 2 is 1.71 bits per heavy atom. The topological polar surface area (TPSA) is 102 Å². The molecule has 0 saturated carbocycles. The first-order valence-corrected chi connectivity index (χ1v) is 6.93. The second-order valence-corrected chi connectivity index (χ2v) is 4.78. The first kappa shape index (κ1) is 15.5. The summed E-state index contributed by atoms with van der Waals surface area (Å²) in [7, 11) is 1.74. The Bertz CT molecular complexity index is 865. The van der Waals surface area contributed by atoms with Gasteiger partial charge in [-0.1, -0.05) is 6.07 Å². The van der Waals surface area contributed by atoms with Gasteiger partial charge in [0.25, 0.3) is 0 Å². The number of pyridine rings is 1. The number of aromatic nitrogens is 4. The lowest BCUT2D eigenvalue weighted by molar-refractivity contribution is 0.584. The molecule has 0 radical (unpaired) electrons. The molecule has 3 aromatic rings. The molecule has 0 aliphatic carbocycles. The number of hydrogen-bond acceptors (Lipinski definition) is 7. The van der Waals surface area contributed by atoms with Gasteiger partial charge in [-0.25, -0.2) is 13.8 Å². The van der Waals surface area contributed by atoms with E-state index in [9.17, 15) is 8.78 Å². The molecule has 0 atom stereocenters. The molecule has 4 N–H and O–H groups in total. The first-order chi connectivity index (χ1) is 11.5. The maximum absolute atomic E-state index is 13.3. The van der Waals surface area contributed by atoms with Crippen molar-refractivity contribution in [2.45, 2.75) is 0 Å². The highest BCUT2D eigenvalue weighted by molar-refractivity contribution is 5.59. The number of nitrogens with zero attached hydrogens (tertiary/aromatic N) is 4. The van der Waals surface area contributed by atoms with Gasteiger partial charge in [0.15, 0.2) is 5.82 Å². The third kappa shape index (κ3) is 3.51. The minimum absolute atomic E-state index is 0.0453. The third-order valence-corrected chi connectivity index (χ3v) is 3.01. The standard InChI is InChI=1S/C15H13F2N7/c1-19-12-4-2-3-11(21-12)13-22-14(18)24-15(23-13)20-10-6-8(16)5-9(17)7-10/h2-7H,1H3,(H,19,21)(H3,18,20,22,23,24). The number of hydrogen-bond donors (Lipinski definition) is 3. The van der Waals surface area contributed by atoms with Crippen molar-refractivity contribution >= 4 is 23.4 Å². The summed E-state index contributed by atoms with van der Waals surface area (Å²) < 4.78 is 26.5. The predicted molar refractivity (Wildman–Crippen MR) is 86.7 cm³/mol. The fourth-order valence-corrected chi connectivity index (χ4v) is 2.02. The smallest absolute Gasteiger partial charge is 0.232 e. The van der Waals surface area contributed by atoms with E-state index in [1.807, 2.05) is 0 Å². The van der Waals surface area contributed by atoms with Gasteiger partial charge < -0.3 is 16.4 Å². The van der Waals surface area contributed by atoms with E-state index in [2.05, 4.69) is 30.6 Å². The Morgan fingerprint density at radius 3 is 2.42 bits per heavy atom. The summed E-state index contributed by atoms with van der Waals surface area (Å²) in [5.41, 5.74) is 6.32. The zero-order chi connectivity index (χ0) is 17.1. The summed E-state index contributed by atoms with van der Waals surface area (Å²) in [6, 6.07) is 8.27. The average molecular weight is 329 g/mol. The van der Waals surface area contributed by atoms with Gasteiger partial charge in [0.1, 0.15) is 23.1 Å². The molecular weight excluding hydrogens is 316 g/mol. The molecular formula is C15H13F2N7. The maximum atomic E-state index is 13.3. The number of benzene rings is 1. The summed E-state index contributed by atoms with van der Waals surface area (Å²) in [6.45, 7) is 0. The van der Waals surface area contributed by atoms with E-state index in [1.54, 1.807) is 25.2 Å². The largest absolute Gasteiger partial charge is 0.373 e. The summed E-state index contributed by atoms with van der Waals surface area (Å²) in [6.07, 6.45) is 0. The van der Waals surface area contributed by atoms with Crippen molar-refractivity contribution < 1.29 is 8.78 Å². The molecule has 2 aromatic heterocycles. The highest BCUT2D eigenvalue weighted by Crippen LogP contribution is 2.20. The quantitative estimate of drug-likeness (QED) is 0.676. The van der Waals surface area contributed by atoms with Crippen molar-refractivity contribution in [2.24, 2.45) is 0 Å². The zero-order valence-corrected chi connectivity index (χ0v) is 12.6. The SMILES string of the molecule is CNc1cccc(-c2nc(N)nc(Nc3cc(F)cc(F)c3)n2)n1. The van der Waals surface area contributed by atoms with Crippen LogP contribution in [0.1, 0.15) is 0 Å². The lowest BCUT2D eigenvalue weighted by Gasteiger charge is -2.08. The molecule has 0 bridgehead atoms. The Labute approximate surface area is 136 Å². The lowest BCUT2D eigenvalue weighted by atomic mass is 10.3. The minimum Gasteiger partial charge on any atom is -0.373 e. The van der Waals surface area contributed by atoms with Gasteiger partial charge in [0.2, 0.25) is 11.9 Å². The number of halogens is 2. The maximum Gasteiger partial charge on any atom is 0.232 e. The van der Waals surface area contributed by atoms with Gasteiger partial charge in [-0.05, 0) is 24.3 Å². The van der Waals surface area contributed by atoms with Crippen LogP contribution in [0.15, 0.2) is 36.4 Å². The van der Waals surface area contributed by atoms with Crippen molar-refractivity contribution in [1.29, 1.82) is 0 Å². The predicted octanol–water partition coefficient (Wildman–Crippen LogP) is 2.58. The Balaban J connectivity index is 1.96. The van der Waals surface area contributed by atoms with Crippen molar-refractivity contribution in [3.05, 3.63) is 48.0 Å². The van der Waals surface area contributed by atoms with E-state index in [-0.39, 0.29) is 23.4 Å². The van der Waals surface area contributed by atoms with Gasteiger partial charge >= 0.3 is 0 Å². The van der Waals surface area contributed by atoms with E-state index >= 15 is 0 Å². The van der Waals surface area contributed by atoms with Crippen LogP contribution in [-0.4, -0.2) is 27.0 Å². The fraction of sp³-hybridized carbons (Fsp3) is 0.0667. The molecule has 2 heterocycles. The number of nitrogens with one attached hydrogen (secondary N) is 2. The van der Waals surface area contributed by atoms with E-state index in [0.717, 1.165) is 18.2 Å². The van der Waals surface area contributed by atoms with Crippen LogP contribution in [0.5, 0.6) is 0 Å². The first-order valence-electron chi connectivity index (χ1n) is 6.93. The molecule has 0 aliphatic heterocycles. The van der Waals surface area contributed by atoms with Crippen molar-refractivity contribution in [3.63, 3.8) is 0 Å². The van der Waals surface area contributed by atoms with Crippen LogP contribution < -0.4 is 16.4 Å². The Kier molecular flexibility index (Phi) is 4.15. The summed E-state index contributed by atoms with van der Waals surface area (Å²) >= 11 is 0. The van der Waals surface area contributed by atoms with E-state index in [4.69, 9.17) is 5.73 Å². The molecule has 1 aromatic carbocycles. The molecule has 3 rings (SSSR count). The van der Waals surface area contributed by atoms with E-state index in [1.165, 1.54) is 0 Å². The van der Waals surface area contributed by atoms with Crippen LogP contribution in [0.2, 0.25) is 0 Å². The third-order valence-electron chi connectivity index (χ3n) is 3.01. The van der Waals surface area contributed by atoms with Gasteiger partial charge in [-0.3, -0.25) is 0 Å². The van der Waals surface area contributed by atoms with Crippen molar-refractivity contribution in [1.82, 2.24) is 19.9 Å². The molecule has 7 nitrogen and oxygen atoms in total. The van der Waals surface area contributed by atoms with E-state index in [0.29, 0.717) is 11.5 Å². The van der Waals surface area contributed by atoms with Gasteiger partial charge in [-0.15, -0.1) is 0 Å². The molecule has 9 heteroatoms. The van der Waals surface area contributed by atoms with Crippen LogP contribution in [0, 0.1) is 11.6 Å². The molecule has 0 aliphatic rings. The molecule has 0 unspecified atom stereocenters. The van der Waals surface area contributed by atoms with E-state index < -0.39 is 11.6 Å². The molecule has 0 saturated heterocycles. The van der Waals surface area contributed by atoms with Crippen molar-refractivity contribution in [2.75, 3.05) is 23.4 Å². The van der Waals surface area contributed by atoms with Crippen LogP contribution in [0.4, 0.5) is 32.2 Å². The highest BCUT2D eigenvalue weighted by atomic mass is 19.1. The molecule has 0 spiro atoms. The zero-order valence-electron chi connectivity index (χ0n) is 12.6. The Morgan fingerprint density at radius 1 is 0.958 bits per heavy atom. The average Bonchev–Trinajstić information content (AvgIpc) is 2.53. The minimum atomic E-state index is -0.719. The monoisotopic (exact) mass is 329 g/mol. The molecule has 24 heavy (non-hydrogen) atoms. The summed E-state index contributed by atoms with van der Waals surface area (Å²) in [5, 5.41) is 5.61. The number of nitrogen functional groups attached to an aromatic ring is 1. The molecule has 0 amide bonds. The molecule has 122 valence electrons. The number of nitrogens with two attached hydrogens (primary N) is 1. The highest BCUT2D eigenvalue weighted by Gasteiger charge is 2.10. The van der Waals surface area contributed by atoms with Gasteiger partial charge in [0, 0.05) is 18.8 Å². The lowest BCUT2D eigenvalue weighted by Crippen LogP contribution is -2.06. The summed E-state index contributed by atoms with van der Waals surface area (Å²) in [4.78, 5) is 16.4. The van der Waals surface area contributed by atoms with Crippen LogP contribution >= 0.6 is 0 Å². The number of anilines is 4. The van der Waals surface area contributed by atoms with Crippen molar-refractivity contribution in [3.8, 4) is 11.5 Å². The van der Waals surface area contributed by atoms with Gasteiger partial charge in [0.05, 0.1) is 0 Å². The van der Waals surface area contributed by atoms with Crippen LogP contribution in [0.25, 0.3) is 11.5 Å².